The number of fused-ring (bicyclic) bond motifs is 1. The Labute approximate surface area is 235 Å². The Kier molecular flexibility index (Phi) is 9.85. The lowest BCUT2D eigenvalue weighted by Crippen LogP contribution is -2.37. The number of carbonyl (C=O) groups is 1. The van der Waals surface area contributed by atoms with Gasteiger partial charge in [-0.1, -0.05) is 18.5 Å². The molecule has 10 nitrogen and oxygen atoms in total. The Balaban J connectivity index is 0.00000400. The Morgan fingerprint density at radius 2 is 1.97 bits per heavy atom. The minimum atomic E-state index is -3.61. The third-order valence-electron chi connectivity index (χ3n) is 6.51. The van der Waals surface area contributed by atoms with Crippen LogP contribution >= 0.6 is 24.0 Å². The number of hydrogen-bond donors (Lipinski definition) is 2. The smallest absolute Gasteiger partial charge is 0.256 e. The van der Waals surface area contributed by atoms with Gasteiger partial charge in [0, 0.05) is 42.5 Å². The predicted molar refractivity (Wildman–Crippen MR) is 154 cm³/mol. The van der Waals surface area contributed by atoms with E-state index in [1.165, 1.54) is 12.1 Å². The number of carbonyl (C=O) groups excluding carboxylic acids is 1. The molecule has 3 heterocycles. The number of sulfonamides is 1. The van der Waals surface area contributed by atoms with Crippen LogP contribution in [0, 0.1) is 6.92 Å². The number of nitrogens with one attached hydrogen (secondary N) is 1. The highest BCUT2D eigenvalue weighted by molar-refractivity contribution is 7.92. The van der Waals surface area contributed by atoms with Crippen LogP contribution in [0.5, 0.6) is 0 Å². The maximum absolute atomic E-state index is 13.9. The molecule has 1 fully saturated rings. The van der Waals surface area contributed by atoms with Gasteiger partial charge in [-0.3, -0.25) is 9.52 Å². The highest BCUT2D eigenvalue weighted by Crippen LogP contribution is 2.31. The first-order valence-corrected chi connectivity index (χ1v) is 14.8. The number of nitrogens with zero attached hydrogens (tertiary/aromatic N) is 5. The van der Waals surface area contributed by atoms with E-state index < -0.39 is 10.0 Å². The lowest BCUT2D eigenvalue weighted by molar-refractivity contribution is 0.0666. The summed E-state index contributed by atoms with van der Waals surface area (Å²) in [7, 11) is -3.61. The molecule has 1 amide bonds. The van der Waals surface area contributed by atoms with Gasteiger partial charge in [0.15, 0.2) is 5.65 Å². The van der Waals surface area contributed by atoms with E-state index in [1.54, 1.807) is 15.5 Å². The van der Waals surface area contributed by atoms with Gasteiger partial charge >= 0.3 is 0 Å². The van der Waals surface area contributed by atoms with Crippen LogP contribution in [0.3, 0.4) is 0 Å². The van der Waals surface area contributed by atoms with E-state index in [0.717, 1.165) is 49.2 Å². The van der Waals surface area contributed by atoms with Crippen LogP contribution in [0.4, 0.5) is 11.5 Å². The second-order valence-electron chi connectivity index (χ2n) is 9.44. The van der Waals surface area contributed by atoms with Crippen LogP contribution in [0.2, 0.25) is 5.02 Å². The van der Waals surface area contributed by atoms with Crippen LogP contribution in [-0.4, -0.2) is 66.3 Å². The first-order chi connectivity index (χ1) is 17.6. The third-order valence-corrected chi connectivity index (χ3v) is 7.33. The Morgan fingerprint density at radius 3 is 2.61 bits per heavy atom. The first-order valence-electron chi connectivity index (χ1n) is 12.5. The number of benzene rings is 1. The fourth-order valence-electron chi connectivity index (χ4n) is 4.82. The zero-order valence-electron chi connectivity index (χ0n) is 21.9. The average Bonchev–Trinajstić information content (AvgIpc) is 3.51. The van der Waals surface area contributed by atoms with Gasteiger partial charge in [-0.2, -0.15) is 5.10 Å². The number of anilines is 2. The molecule has 1 saturated heterocycles. The van der Waals surface area contributed by atoms with Crippen LogP contribution < -0.4 is 15.4 Å². The van der Waals surface area contributed by atoms with Crippen LogP contribution in [0.1, 0.15) is 60.3 Å². The molecule has 0 unspecified atom stereocenters. The van der Waals surface area contributed by atoms with Crippen molar-refractivity contribution in [2.75, 3.05) is 42.1 Å². The molecule has 0 aliphatic carbocycles. The number of amides is 1. The number of rotatable bonds is 10. The number of hydrogen-bond acceptors (Lipinski definition) is 7. The van der Waals surface area contributed by atoms with Crippen LogP contribution in [0.15, 0.2) is 30.5 Å². The summed E-state index contributed by atoms with van der Waals surface area (Å²) in [5.74, 6) is 0.615. The highest BCUT2D eigenvalue weighted by Gasteiger charge is 2.29. The first kappa shape index (κ1) is 29.9. The zero-order chi connectivity index (χ0) is 26.7. The molecule has 0 spiro atoms. The van der Waals surface area contributed by atoms with Gasteiger partial charge in [0.25, 0.3) is 5.91 Å². The molecule has 1 aliphatic rings. The molecule has 3 N–H and O–H groups in total. The van der Waals surface area contributed by atoms with E-state index in [1.807, 2.05) is 26.1 Å². The Hall–Kier alpha value is -2.60. The summed E-state index contributed by atoms with van der Waals surface area (Å²) in [4.78, 5) is 22.8. The third kappa shape index (κ3) is 6.69. The molecule has 0 saturated carbocycles. The van der Waals surface area contributed by atoms with Crippen molar-refractivity contribution in [1.82, 2.24) is 19.5 Å². The average molecular weight is 585 g/mol. The molecule has 0 radical (unpaired) electrons. The summed E-state index contributed by atoms with van der Waals surface area (Å²) in [5.41, 5.74) is 8.61. The minimum Gasteiger partial charge on any atom is -0.356 e. The van der Waals surface area contributed by atoms with E-state index in [4.69, 9.17) is 27.4 Å². The fraction of sp³-hybridized carbons (Fsp3) is 0.480. The summed E-state index contributed by atoms with van der Waals surface area (Å²) in [6, 6.07) is 6.07. The molecular weight excluding hydrogens is 549 g/mol. The van der Waals surface area contributed by atoms with E-state index in [9.17, 15) is 13.2 Å². The molecule has 1 aliphatic heterocycles. The standard InChI is InChI=1S/C25H34ClN7O3S.ClH/c1-4-22(21-15-23-28-24(31-11-5-6-12-31)17(2)16-33(23)29-21)32(13-7-10-27)25(34)19-14-18(26)8-9-20(19)30-37(3,35)36;/h8-9,14-16,22,30H,4-7,10-13,27H2,1-3H3;1H/t22-;/m0./s1. The van der Waals surface area contributed by atoms with E-state index in [2.05, 4.69) is 9.62 Å². The molecule has 3 aromatic rings. The number of aryl methyl sites for hydroxylation is 1. The van der Waals surface area contributed by atoms with Gasteiger partial charge < -0.3 is 15.5 Å². The maximum atomic E-state index is 13.9. The summed E-state index contributed by atoms with van der Waals surface area (Å²) in [6.07, 6.45) is 6.50. The second-order valence-corrected chi connectivity index (χ2v) is 11.6. The number of halogens is 2. The van der Waals surface area contributed by atoms with Gasteiger partial charge in [-0.05, 0) is 57.4 Å². The molecule has 208 valence electrons. The van der Waals surface area contributed by atoms with Gasteiger partial charge in [0.2, 0.25) is 10.0 Å². The van der Waals surface area contributed by atoms with Crippen molar-refractivity contribution in [3.8, 4) is 0 Å². The quantitative estimate of drug-likeness (QED) is 0.369. The van der Waals surface area contributed by atoms with Crippen molar-refractivity contribution in [2.45, 2.75) is 45.6 Å². The van der Waals surface area contributed by atoms with Crippen LogP contribution in [-0.2, 0) is 10.0 Å². The second kappa shape index (κ2) is 12.5. The van der Waals surface area contributed by atoms with Crippen molar-refractivity contribution in [3.05, 3.63) is 52.3 Å². The molecule has 38 heavy (non-hydrogen) atoms. The molecular formula is C25H35Cl2N7O3S. The maximum Gasteiger partial charge on any atom is 0.256 e. The summed E-state index contributed by atoms with van der Waals surface area (Å²) in [6.45, 7) is 6.78. The molecule has 4 rings (SSSR count). The van der Waals surface area contributed by atoms with Gasteiger partial charge in [-0.25, -0.2) is 17.9 Å². The predicted octanol–water partition coefficient (Wildman–Crippen LogP) is 4.03. The SMILES string of the molecule is CC[C@@H](c1cc2nc(N3CCCC3)c(C)cn2n1)N(CCCN)C(=O)c1cc(Cl)ccc1NS(C)(=O)=O.Cl. The van der Waals surface area contributed by atoms with Gasteiger partial charge in [0.1, 0.15) is 5.82 Å². The van der Waals surface area contributed by atoms with Crippen molar-refractivity contribution >= 4 is 57.1 Å². The number of nitrogens with two attached hydrogens (primary N) is 1. The van der Waals surface area contributed by atoms with Gasteiger partial charge in [-0.15, -0.1) is 12.4 Å². The Morgan fingerprint density at radius 1 is 1.26 bits per heavy atom. The largest absolute Gasteiger partial charge is 0.356 e. The summed E-state index contributed by atoms with van der Waals surface area (Å²) in [5, 5.41) is 5.12. The van der Waals surface area contributed by atoms with E-state index in [0.29, 0.717) is 36.6 Å². The van der Waals surface area contributed by atoms with E-state index in [-0.39, 0.29) is 35.6 Å². The topological polar surface area (TPSA) is 126 Å². The Bertz CT molecular complexity index is 1390. The molecule has 2 aromatic heterocycles. The highest BCUT2D eigenvalue weighted by atomic mass is 35.5. The fourth-order valence-corrected chi connectivity index (χ4v) is 5.57. The zero-order valence-corrected chi connectivity index (χ0v) is 24.2. The van der Waals surface area contributed by atoms with E-state index >= 15 is 0 Å². The molecule has 0 bridgehead atoms. The monoisotopic (exact) mass is 583 g/mol. The molecule has 13 heteroatoms. The van der Waals surface area contributed by atoms with Crippen molar-refractivity contribution in [3.63, 3.8) is 0 Å². The summed E-state index contributed by atoms with van der Waals surface area (Å²) < 4.78 is 28.1. The normalized spacial score (nSPS) is 14.4. The molecule has 1 aromatic carbocycles. The summed E-state index contributed by atoms with van der Waals surface area (Å²) >= 11 is 6.21. The lowest BCUT2D eigenvalue weighted by Gasteiger charge is -2.31. The lowest BCUT2D eigenvalue weighted by atomic mass is 10.1. The van der Waals surface area contributed by atoms with Crippen molar-refractivity contribution in [2.24, 2.45) is 5.73 Å². The minimum absolute atomic E-state index is 0. The number of aromatic nitrogens is 3. The van der Waals surface area contributed by atoms with Crippen molar-refractivity contribution in [1.29, 1.82) is 0 Å². The van der Waals surface area contributed by atoms with Crippen molar-refractivity contribution < 1.29 is 13.2 Å². The van der Waals surface area contributed by atoms with Gasteiger partial charge in [0.05, 0.1) is 29.2 Å². The molecule has 1 atom stereocenters. The van der Waals surface area contributed by atoms with Crippen LogP contribution in [0.25, 0.3) is 5.65 Å².